The fraction of sp³-hybridized carbons (Fsp3) is 0.500. The number of nitrogens with zero attached hydrogens (tertiary/aromatic N) is 2. The van der Waals surface area contributed by atoms with E-state index in [9.17, 15) is 9.18 Å². The third kappa shape index (κ3) is 6.29. The number of carbonyl (C=O) groups excluding carboxylic acids is 1. The van der Waals surface area contributed by atoms with Crippen LogP contribution in [-0.4, -0.2) is 40.0 Å². The normalized spacial score (nSPS) is 22.0. The van der Waals surface area contributed by atoms with Crippen LogP contribution < -0.4 is 5.32 Å². The minimum Gasteiger partial charge on any atom is -0.342 e. The van der Waals surface area contributed by atoms with Gasteiger partial charge in [0.1, 0.15) is 5.82 Å². The summed E-state index contributed by atoms with van der Waals surface area (Å²) in [5.74, 6) is 0.289. The highest BCUT2D eigenvalue weighted by molar-refractivity contribution is 5.79. The molecule has 2 aliphatic rings. The summed E-state index contributed by atoms with van der Waals surface area (Å²) >= 11 is 0. The van der Waals surface area contributed by atoms with E-state index in [1.54, 1.807) is 0 Å². The van der Waals surface area contributed by atoms with Crippen molar-refractivity contribution in [2.75, 3.05) is 13.1 Å². The molecule has 0 bridgehead atoms. The molecule has 2 aromatic rings. The molecule has 1 unspecified atom stereocenters. The first-order valence-corrected chi connectivity index (χ1v) is 12.1. The first-order valence-electron chi connectivity index (χ1n) is 12.1. The first-order chi connectivity index (χ1) is 15.6. The van der Waals surface area contributed by atoms with Crippen LogP contribution in [0.4, 0.5) is 4.39 Å². The number of amides is 1. The van der Waals surface area contributed by atoms with Gasteiger partial charge in [-0.1, -0.05) is 29.8 Å². The maximum atomic E-state index is 13.2. The quantitative estimate of drug-likeness (QED) is 0.623. The molecule has 5 heteroatoms. The summed E-state index contributed by atoms with van der Waals surface area (Å²) in [7, 11) is 0. The average Bonchev–Trinajstić information content (AvgIpc) is 2.74. The highest BCUT2D eigenvalue weighted by Crippen LogP contribution is 2.31. The van der Waals surface area contributed by atoms with Crippen molar-refractivity contribution in [2.45, 2.75) is 76.8 Å². The highest BCUT2D eigenvalue weighted by atomic mass is 19.1. The Morgan fingerprint density at radius 1 is 1.12 bits per heavy atom. The van der Waals surface area contributed by atoms with Crippen LogP contribution in [0.2, 0.25) is 0 Å². The number of piperidine rings is 1. The molecule has 33 heavy (non-hydrogen) atoms. The van der Waals surface area contributed by atoms with Gasteiger partial charge in [0.2, 0.25) is 5.91 Å². The molecule has 1 N–H and O–H groups in total. The first kappa shape index (κ1) is 23.6. The predicted molar refractivity (Wildman–Crippen MR) is 131 cm³/mol. The van der Waals surface area contributed by atoms with Crippen LogP contribution in [0.25, 0.3) is 0 Å². The average molecular weight is 450 g/mol. The zero-order valence-corrected chi connectivity index (χ0v) is 20.3. The van der Waals surface area contributed by atoms with Crippen LogP contribution in [0.3, 0.4) is 0 Å². The topological polar surface area (TPSA) is 45.2 Å². The van der Waals surface area contributed by atoms with E-state index in [0.29, 0.717) is 6.42 Å². The van der Waals surface area contributed by atoms with E-state index < -0.39 is 0 Å². The number of hydrogen-bond donors (Lipinski definition) is 1. The minimum absolute atomic E-state index is 0.00211. The van der Waals surface area contributed by atoms with Gasteiger partial charge in [0.25, 0.3) is 0 Å². The second-order valence-electron chi connectivity index (χ2n) is 11.0. The smallest absolute Gasteiger partial charge is 0.226 e. The monoisotopic (exact) mass is 449 g/mol. The van der Waals surface area contributed by atoms with E-state index in [4.69, 9.17) is 4.98 Å². The zero-order chi connectivity index (χ0) is 23.6. The van der Waals surface area contributed by atoms with Crippen LogP contribution in [-0.2, 0) is 11.2 Å². The van der Waals surface area contributed by atoms with E-state index in [2.05, 4.69) is 51.2 Å². The molecule has 0 radical (unpaired) electrons. The number of aromatic nitrogens is 1. The Balaban J connectivity index is 1.37. The van der Waals surface area contributed by atoms with Gasteiger partial charge in [-0.15, -0.1) is 0 Å². The van der Waals surface area contributed by atoms with E-state index in [0.717, 1.165) is 55.6 Å². The number of benzene rings is 1. The van der Waals surface area contributed by atoms with E-state index in [1.807, 2.05) is 23.2 Å². The second kappa shape index (κ2) is 9.38. The minimum atomic E-state index is -0.215. The lowest BCUT2D eigenvalue weighted by atomic mass is 9.82. The number of pyridine rings is 1. The van der Waals surface area contributed by atoms with Crippen molar-refractivity contribution < 1.29 is 9.18 Å². The Morgan fingerprint density at radius 2 is 1.85 bits per heavy atom. The summed E-state index contributed by atoms with van der Waals surface area (Å²) in [6, 6.07) is 10.8. The predicted octanol–water partition coefficient (Wildman–Crippen LogP) is 5.38. The fourth-order valence-electron chi connectivity index (χ4n) is 5.57. The zero-order valence-electron chi connectivity index (χ0n) is 20.3. The summed E-state index contributed by atoms with van der Waals surface area (Å²) < 4.78 is 13.1. The Bertz CT molecular complexity index is 1010. The molecule has 1 atom stereocenters. The molecule has 3 heterocycles. The SMILES string of the molecule is CC1(C)C=C(CC(=O)N2CCCC(c3ccc(Cc4ccc(F)cc4)cn3)C2)CC(C)(C)N1. The Morgan fingerprint density at radius 3 is 2.52 bits per heavy atom. The van der Waals surface area contributed by atoms with Crippen molar-refractivity contribution in [1.29, 1.82) is 0 Å². The van der Waals surface area contributed by atoms with Gasteiger partial charge in [0.15, 0.2) is 0 Å². The molecular weight excluding hydrogens is 413 g/mol. The third-order valence-electron chi connectivity index (χ3n) is 6.63. The fourth-order valence-corrected chi connectivity index (χ4v) is 5.57. The number of nitrogens with one attached hydrogen (secondary N) is 1. The number of likely N-dealkylation sites (tertiary alicyclic amines) is 1. The third-order valence-corrected chi connectivity index (χ3v) is 6.63. The van der Waals surface area contributed by atoms with Gasteiger partial charge in [-0.2, -0.15) is 0 Å². The van der Waals surface area contributed by atoms with Crippen molar-refractivity contribution in [3.05, 3.63) is 76.9 Å². The molecule has 4 nitrogen and oxygen atoms in total. The van der Waals surface area contributed by atoms with Gasteiger partial charge >= 0.3 is 0 Å². The van der Waals surface area contributed by atoms with Gasteiger partial charge in [-0.25, -0.2) is 4.39 Å². The number of halogens is 1. The summed E-state index contributed by atoms with van der Waals surface area (Å²) in [6.07, 6.45) is 8.36. The maximum absolute atomic E-state index is 13.2. The van der Waals surface area contributed by atoms with Crippen LogP contribution in [0.1, 0.15) is 76.1 Å². The van der Waals surface area contributed by atoms with E-state index >= 15 is 0 Å². The van der Waals surface area contributed by atoms with E-state index in [-0.39, 0.29) is 28.7 Å². The van der Waals surface area contributed by atoms with Gasteiger partial charge in [0, 0.05) is 48.4 Å². The van der Waals surface area contributed by atoms with Crippen molar-refractivity contribution in [3.8, 4) is 0 Å². The highest BCUT2D eigenvalue weighted by Gasteiger charge is 2.33. The maximum Gasteiger partial charge on any atom is 0.226 e. The molecule has 0 aliphatic carbocycles. The number of rotatable bonds is 5. The molecule has 0 saturated carbocycles. The number of hydrogen-bond acceptors (Lipinski definition) is 3. The van der Waals surface area contributed by atoms with Crippen LogP contribution >= 0.6 is 0 Å². The molecule has 0 spiro atoms. The van der Waals surface area contributed by atoms with Gasteiger partial charge in [0.05, 0.1) is 0 Å². The summed E-state index contributed by atoms with van der Waals surface area (Å²) in [5.41, 5.74) is 4.37. The van der Waals surface area contributed by atoms with Crippen LogP contribution in [0, 0.1) is 5.82 Å². The summed E-state index contributed by atoms with van der Waals surface area (Å²) in [4.78, 5) is 19.9. The molecule has 1 fully saturated rings. The standard InChI is InChI=1S/C28H36FN3O/c1-27(2)16-22(17-28(3,4)31-27)15-26(33)32-13-5-6-23(19-32)25-12-9-21(18-30-25)14-20-7-10-24(29)11-8-20/h7-12,16,18,23,31H,5-6,13-15,17,19H2,1-4H3. The lowest BCUT2D eigenvalue weighted by Crippen LogP contribution is -2.54. The number of carbonyl (C=O) groups is 1. The van der Waals surface area contributed by atoms with Crippen LogP contribution in [0.15, 0.2) is 54.2 Å². The van der Waals surface area contributed by atoms with Crippen molar-refractivity contribution >= 4 is 5.91 Å². The van der Waals surface area contributed by atoms with Gasteiger partial charge in [-0.05, 0) is 82.7 Å². The molecule has 2 aliphatic heterocycles. The lowest BCUT2D eigenvalue weighted by Gasteiger charge is -2.41. The Kier molecular flexibility index (Phi) is 6.71. The van der Waals surface area contributed by atoms with Crippen molar-refractivity contribution in [2.24, 2.45) is 0 Å². The molecule has 1 amide bonds. The van der Waals surface area contributed by atoms with Crippen molar-refractivity contribution in [3.63, 3.8) is 0 Å². The van der Waals surface area contributed by atoms with Crippen LogP contribution in [0.5, 0.6) is 0 Å². The van der Waals surface area contributed by atoms with Gasteiger partial charge in [-0.3, -0.25) is 9.78 Å². The second-order valence-corrected chi connectivity index (χ2v) is 11.0. The summed E-state index contributed by atoms with van der Waals surface area (Å²) in [5, 5.41) is 3.64. The molecule has 1 aromatic carbocycles. The molecule has 1 aromatic heterocycles. The molecule has 1 saturated heterocycles. The lowest BCUT2D eigenvalue weighted by molar-refractivity contribution is -0.131. The van der Waals surface area contributed by atoms with Gasteiger partial charge < -0.3 is 10.2 Å². The van der Waals surface area contributed by atoms with E-state index in [1.165, 1.54) is 17.7 Å². The van der Waals surface area contributed by atoms with Crippen molar-refractivity contribution in [1.82, 2.24) is 15.2 Å². The summed E-state index contributed by atoms with van der Waals surface area (Å²) in [6.45, 7) is 10.3. The Hall–Kier alpha value is -2.53. The Labute approximate surface area is 197 Å². The molecular formula is C28H36FN3O. The largest absolute Gasteiger partial charge is 0.342 e. The molecule has 176 valence electrons. The molecule has 4 rings (SSSR count).